The molecule has 0 spiro atoms. The molecule has 0 saturated carbocycles. The molecule has 2 aromatic rings. The number of hydrogen-bond donors (Lipinski definition) is 0. The maximum Gasteiger partial charge on any atom is 1.00 e. The minimum atomic E-state index is -1.36. The molecular formula is C9H5LiN2O2. The summed E-state index contributed by atoms with van der Waals surface area (Å²) >= 11 is 0. The Morgan fingerprint density at radius 2 is 2.00 bits per heavy atom. The number of carbonyl (C=O) groups is 1. The Balaban J connectivity index is 0.000000980. The van der Waals surface area contributed by atoms with E-state index in [4.69, 9.17) is 0 Å². The number of para-hydroxylation sites is 1. The second-order valence-corrected chi connectivity index (χ2v) is 2.54. The number of carbonyl (C=O) groups excluding carboxylic acids is 1. The van der Waals surface area contributed by atoms with Crippen molar-refractivity contribution in [2.45, 2.75) is 0 Å². The van der Waals surface area contributed by atoms with Crippen LogP contribution in [0.15, 0.2) is 30.5 Å². The molecule has 0 unspecified atom stereocenters. The van der Waals surface area contributed by atoms with Crippen LogP contribution in [0.1, 0.15) is 10.6 Å². The minimum absolute atomic E-state index is 0. The zero-order valence-electron chi connectivity index (χ0n) is 7.60. The topological polar surface area (TPSA) is 65.9 Å². The first-order valence-electron chi connectivity index (χ1n) is 3.70. The van der Waals surface area contributed by atoms with Gasteiger partial charge in [0.15, 0.2) is 5.82 Å². The number of rotatable bonds is 1. The third-order valence-corrected chi connectivity index (χ3v) is 1.67. The molecule has 64 valence electrons. The fraction of sp³-hybridized carbons (Fsp3) is 0. The van der Waals surface area contributed by atoms with E-state index >= 15 is 0 Å². The molecule has 0 aliphatic heterocycles. The summed E-state index contributed by atoms with van der Waals surface area (Å²) in [4.78, 5) is 17.8. The summed E-state index contributed by atoms with van der Waals surface area (Å²) in [7, 11) is 0. The molecule has 0 fully saturated rings. The average molecular weight is 180 g/mol. The van der Waals surface area contributed by atoms with Gasteiger partial charge in [-0.2, -0.15) is 0 Å². The maximum atomic E-state index is 10.4. The van der Waals surface area contributed by atoms with Gasteiger partial charge >= 0.3 is 18.9 Å². The third-order valence-electron chi connectivity index (χ3n) is 1.67. The zero-order chi connectivity index (χ0) is 9.26. The summed E-state index contributed by atoms with van der Waals surface area (Å²) in [5.74, 6) is -1.63. The van der Waals surface area contributed by atoms with Crippen molar-refractivity contribution < 1.29 is 28.8 Å². The summed E-state index contributed by atoms with van der Waals surface area (Å²) in [6.07, 6.45) is 1.47. The van der Waals surface area contributed by atoms with Crippen LogP contribution in [-0.2, 0) is 0 Å². The molecule has 1 aromatic heterocycles. The molecule has 5 heteroatoms. The molecule has 0 aliphatic rings. The van der Waals surface area contributed by atoms with Gasteiger partial charge in [0.1, 0.15) is 5.97 Å². The number of fused-ring (bicyclic) bond motifs is 1. The van der Waals surface area contributed by atoms with Crippen LogP contribution in [0.2, 0.25) is 0 Å². The van der Waals surface area contributed by atoms with Crippen molar-refractivity contribution in [1.29, 1.82) is 0 Å². The Labute approximate surface area is 92.2 Å². The van der Waals surface area contributed by atoms with Gasteiger partial charge in [0.25, 0.3) is 0 Å². The molecule has 14 heavy (non-hydrogen) atoms. The summed E-state index contributed by atoms with van der Waals surface area (Å²) in [5.41, 5.74) is 0.608. The van der Waals surface area contributed by atoms with Crippen molar-refractivity contribution in [3.63, 3.8) is 0 Å². The van der Waals surface area contributed by atoms with E-state index in [0.717, 1.165) is 5.39 Å². The van der Waals surface area contributed by atoms with Gasteiger partial charge in [-0.1, -0.05) is 18.2 Å². The first-order chi connectivity index (χ1) is 6.27. The van der Waals surface area contributed by atoms with Crippen LogP contribution < -0.4 is 24.0 Å². The van der Waals surface area contributed by atoms with E-state index in [1.54, 1.807) is 12.1 Å². The number of nitrogens with zero attached hydrogens (tertiary/aromatic N) is 2. The monoisotopic (exact) mass is 180 g/mol. The summed E-state index contributed by atoms with van der Waals surface area (Å²) in [5, 5.41) is 11.2. The predicted octanol–water partition coefficient (Wildman–Crippen LogP) is -3.00. The largest absolute Gasteiger partial charge is 1.00 e. The molecule has 0 radical (unpaired) electrons. The average Bonchev–Trinajstić information content (AvgIpc) is 2.17. The Bertz CT molecular complexity index is 473. The minimum Gasteiger partial charge on any atom is -0.542 e. The predicted molar refractivity (Wildman–Crippen MR) is 43.9 cm³/mol. The van der Waals surface area contributed by atoms with Gasteiger partial charge in [0.2, 0.25) is 0 Å². The Hall–Kier alpha value is -1.37. The van der Waals surface area contributed by atoms with Crippen molar-refractivity contribution >= 4 is 16.9 Å². The summed E-state index contributed by atoms with van der Waals surface area (Å²) in [6.45, 7) is 0. The number of hydrogen-bond acceptors (Lipinski definition) is 4. The molecule has 4 nitrogen and oxygen atoms in total. The normalized spacial score (nSPS) is 9.43. The van der Waals surface area contributed by atoms with Crippen molar-refractivity contribution in [3.05, 3.63) is 36.3 Å². The number of aromatic nitrogens is 2. The Morgan fingerprint density at radius 3 is 2.71 bits per heavy atom. The molecule has 0 N–H and O–H groups in total. The maximum absolute atomic E-state index is 10.4. The first-order valence-corrected chi connectivity index (χ1v) is 3.70. The van der Waals surface area contributed by atoms with Gasteiger partial charge in [0, 0.05) is 11.6 Å². The van der Waals surface area contributed by atoms with E-state index < -0.39 is 5.97 Å². The molecule has 0 bridgehead atoms. The van der Waals surface area contributed by atoms with E-state index in [-0.39, 0.29) is 24.7 Å². The van der Waals surface area contributed by atoms with Crippen LogP contribution in [0.4, 0.5) is 0 Å². The second-order valence-electron chi connectivity index (χ2n) is 2.54. The third kappa shape index (κ3) is 1.92. The Kier molecular flexibility index (Phi) is 3.23. The molecular weight excluding hydrogens is 175 g/mol. The SMILES string of the molecule is O=C([O-])c1ncc2ccccc2n1.[Li+]. The van der Waals surface area contributed by atoms with Crippen molar-refractivity contribution in [3.8, 4) is 0 Å². The molecule has 0 aliphatic carbocycles. The number of carboxylic acid groups (broad SMARTS) is 1. The number of benzene rings is 1. The van der Waals surface area contributed by atoms with Crippen molar-refractivity contribution in [2.24, 2.45) is 0 Å². The van der Waals surface area contributed by atoms with Gasteiger partial charge in [-0.25, -0.2) is 9.97 Å². The fourth-order valence-corrected chi connectivity index (χ4v) is 1.07. The van der Waals surface area contributed by atoms with E-state index in [1.807, 2.05) is 12.1 Å². The molecule has 1 aromatic carbocycles. The Morgan fingerprint density at radius 1 is 1.29 bits per heavy atom. The van der Waals surface area contributed by atoms with E-state index in [2.05, 4.69) is 9.97 Å². The van der Waals surface area contributed by atoms with Crippen molar-refractivity contribution in [1.82, 2.24) is 9.97 Å². The van der Waals surface area contributed by atoms with Gasteiger partial charge in [0.05, 0.1) is 5.52 Å². The van der Waals surface area contributed by atoms with E-state index in [9.17, 15) is 9.90 Å². The molecule has 1 heterocycles. The second kappa shape index (κ2) is 4.23. The van der Waals surface area contributed by atoms with Gasteiger partial charge in [-0.3, -0.25) is 0 Å². The molecule has 0 amide bonds. The van der Waals surface area contributed by atoms with Crippen molar-refractivity contribution in [2.75, 3.05) is 0 Å². The first kappa shape index (κ1) is 10.7. The van der Waals surface area contributed by atoms with Crippen LogP contribution in [0, 0.1) is 0 Å². The molecule has 0 atom stereocenters. The van der Waals surface area contributed by atoms with Gasteiger partial charge < -0.3 is 9.90 Å². The fourth-order valence-electron chi connectivity index (χ4n) is 1.07. The number of carboxylic acids is 1. The quantitative estimate of drug-likeness (QED) is 0.438. The van der Waals surface area contributed by atoms with E-state index in [1.165, 1.54) is 6.20 Å². The van der Waals surface area contributed by atoms with Gasteiger partial charge in [-0.05, 0) is 6.07 Å². The summed E-state index contributed by atoms with van der Waals surface area (Å²) in [6, 6.07) is 7.16. The molecule has 2 rings (SSSR count). The van der Waals surface area contributed by atoms with Crippen LogP contribution in [0.25, 0.3) is 10.9 Å². The van der Waals surface area contributed by atoms with E-state index in [0.29, 0.717) is 5.52 Å². The van der Waals surface area contributed by atoms with Gasteiger partial charge in [-0.15, -0.1) is 0 Å². The van der Waals surface area contributed by atoms with Crippen LogP contribution >= 0.6 is 0 Å². The van der Waals surface area contributed by atoms with Crippen LogP contribution in [-0.4, -0.2) is 15.9 Å². The van der Waals surface area contributed by atoms with Crippen LogP contribution in [0.3, 0.4) is 0 Å². The van der Waals surface area contributed by atoms with Crippen LogP contribution in [0.5, 0.6) is 0 Å². The number of aromatic carboxylic acids is 1. The molecule has 0 saturated heterocycles. The summed E-state index contributed by atoms with van der Waals surface area (Å²) < 4.78 is 0. The standard InChI is InChI=1S/C9H6N2O2.Li/c12-9(13)8-10-5-6-3-1-2-4-7(6)11-8;/h1-5H,(H,12,13);/q;+1/p-1. The smallest absolute Gasteiger partial charge is 0.542 e. The zero-order valence-corrected chi connectivity index (χ0v) is 7.60.